The Morgan fingerprint density at radius 1 is 1.03 bits per heavy atom. The summed E-state index contributed by atoms with van der Waals surface area (Å²) in [5.41, 5.74) is 3.62. The Balaban J connectivity index is 1.47. The number of carbonyl (C=O) groups excluding carboxylic acids is 1. The zero-order chi connectivity index (χ0) is 21.6. The number of carbonyl (C=O) groups is 1. The molecule has 0 radical (unpaired) electrons. The van der Waals surface area contributed by atoms with Crippen molar-refractivity contribution in [3.63, 3.8) is 0 Å². The summed E-state index contributed by atoms with van der Waals surface area (Å²) >= 11 is 0. The fraction of sp³-hybridized carbons (Fsp3) is 0.400. The number of amides is 1. The first-order valence-corrected chi connectivity index (χ1v) is 11.3. The number of hydrogen-bond donors (Lipinski definition) is 1. The van der Waals surface area contributed by atoms with Gasteiger partial charge in [-0.05, 0) is 55.8 Å². The zero-order valence-corrected chi connectivity index (χ0v) is 18.5. The lowest BCUT2D eigenvalue weighted by molar-refractivity contribution is 0.102. The van der Waals surface area contributed by atoms with E-state index in [1.807, 2.05) is 48.5 Å². The summed E-state index contributed by atoms with van der Waals surface area (Å²) in [5.74, 6) is 1.84. The minimum Gasteiger partial charge on any atom is -0.322 e. The molecule has 31 heavy (non-hydrogen) atoms. The zero-order valence-electron chi connectivity index (χ0n) is 18.5. The van der Waals surface area contributed by atoms with Crippen LogP contribution in [0.4, 0.5) is 5.69 Å². The Bertz CT molecular complexity index is 1020. The molecule has 1 aromatic heterocycles. The van der Waals surface area contributed by atoms with Gasteiger partial charge in [0.15, 0.2) is 5.82 Å². The van der Waals surface area contributed by atoms with Crippen LogP contribution in [-0.2, 0) is 19.5 Å². The van der Waals surface area contributed by atoms with Gasteiger partial charge in [0.25, 0.3) is 5.91 Å². The first-order valence-electron chi connectivity index (χ1n) is 11.3. The Morgan fingerprint density at radius 2 is 1.84 bits per heavy atom. The highest BCUT2D eigenvalue weighted by molar-refractivity contribution is 6.04. The Labute approximate surface area is 184 Å². The molecule has 4 rings (SSSR count). The molecule has 1 amide bonds. The molecule has 6 heteroatoms. The van der Waals surface area contributed by atoms with Crippen LogP contribution in [-0.4, -0.2) is 38.7 Å². The summed E-state index contributed by atoms with van der Waals surface area (Å²) in [7, 11) is 0. The second-order valence-electron chi connectivity index (χ2n) is 8.10. The van der Waals surface area contributed by atoms with Crippen molar-refractivity contribution >= 4 is 11.6 Å². The molecule has 0 fully saturated rings. The van der Waals surface area contributed by atoms with E-state index in [4.69, 9.17) is 0 Å². The molecule has 0 unspecified atom stereocenters. The van der Waals surface area contributed by atoms with E-state index in [0.29, 0.717) is 5.56 Å². The lowest BCUT2D eigenvalue weighted by atomic mass is 10.1. The molecule has 2 heterocycles. The van der Waals surface area contributed by atoms with Crippen molar-refractivity contribution < 1.29 is 4.79 Å². The molecule has 6 nitrogen and oxygen atoms in total. The standard InChI is InChI=1S/C25H31N5O/c1-3-29(4-2)18-19-12-14-20(15-13-19)25(31)26-22-10-8-9-21(17-22)24-28-27-23-11-6-5-7-16-30(23)24/h8-10,12-15,17H,3-7,11,16,18H2,1-2H3,(H,26,31). The number of rotatable bonds is 7. The third-order valence-electron chi connectivity index (χ3n) is 6.00. The number of nitrogens with zero attached hydrogens (tertiary/aromatic N) is 4. The molecule has 2 aromatic carbocycles. The quantitative estimate of drug-likeness (QED) is 0.602. The van der Waals surface area contributed by atoms with Gasteiger partial charge >= 0.3 is 0 Å². The molecule has 0 saturated heterocycles. The number of benzene rings is 2. The lowest BCUT2D eigenvalue weighted by Gasteiger charge is -2.18. The van der Waals surface area contributed by atoms with Crippen LogP contribution in [0.25, 0.3) is 11.4 Å². The maximum Gasteiger partial charge on any atom is 0.255 e. The first kappa shape index (κ1) is 21.2. The smallest absolute Gasteiger partial charge is 0.255 e. The molecule has 1 aliphatic heterocycles. The van der Waals surface area contributed by atoms with Crippen molar-refractivity contribution in [1.29, 1.82) is 0 Å². The fourth-order valence-electron chi connectivity index (χ4n) is 4.10. The number of nitrogens with one attached hydrogen (secondary N) is 1. The molecule has 3 aromatic rings. The average molecular weight is 418 g/mol. The summed E-state index contributed by atoms with van der Waals surface area (Å²) in [5, 5.41) is 11.9. The minimum atomic E-state index is -0.105. The average Bonchev–Trinajstić information content (AvgIpc) is 3.06. The molecule has 0 bridgehead atoms. The van der Waals surface area contributed by atoms with Crippen molar-refractivity contribution in [2.75, 3.05) is 18.4 Å². The Morgan fingerprint density at radius 3 is 2.61 bits per heavy atom. The van der Waals surface area contributed by atoms with Gasteiger partial charge in [0.05, 0.1) is 0 Å². The molecule has 0 atom stereocenters. The number of aryl methyl sites for hydroxylation is 1. The summed E-state index contributed by atoms with van der Waals surface area (Å²) in [6.45, 7) is 8.22. The second kappa shape index (κ2) is 9.88. The molecular weight excluding hydrogens is 386 g/mol. The largest absolute Gasteiger partial charge is 0.322 e. The van der Waals surface area contributed by atoms with Crippen molar-refractivity contribution in [2.24, 2.45) is 0 Å². The Hall–Kier alpha value is -2.99. The summed E-state index contributed by atoms with van der Waals surface area (Å²) in [4.78, 5) is 15.1. The number of hydrogen-bond acceptors (Lipinski definition) is 4. The summed E-state index contributed by atoms with van der Waals surface area (Å²) < 4.78 is 2.22. The van der Waals surface area contributed by atoms with Crippen LogP contribution in [0.5, 0.6) is 0 Å². The van der Waals surface area contributed by atoms with Crippen LogP contribution in [0.3, 0.4) is 0 Å². The van der Waals surface area contributed by atoms with Crippen LogP contribution >= 0.6 is 0 Å². The molecule has 0 saturated carbocycles. The highest BCUT2D eigenvalue weighted by Crippen LogP contribution is 2.25. The van der Waals surface area contributed by atoms with E-state index in [-0.39, 0.29) is 5.91 Å². The van der Waals surface area contributed by atoms with Crippen molar-refractivity contribution in [1.82, 2.24) is 19.7 Å². The molecule has 162 valence electrons. The molecule has 1 aliphatic rings. The van der Waals surface area contributed by atoms with Crippen molar-refractivity contribution in [2.45, 2.75) is 52.6 Å². The van der Waals surface area contributed by atoms with Gasteiger partial charge in [-0.2, -0.15) is 0 Å². The van der Waals surface area contributed by atoms with E-state index < -0.39 is 0 Å². The SMILES string of the molecule is CCN(CC)Cc1ccc(C(=O)Nc2cccc(-c3nnc4n3CCCCC4)c2)cc1. The van der Waals surface area contributed by atoms with Crippen LogP contribution in [0.15, 0.2) is 48.5 Å². The first-order chi connectivity index (χ1) is 15.2. The highest BCUT2D eigenvalue weighted by atomic mass is 16.1. The van der Waals surface area contributed by atoms with Gasteiger partial charge in [0.2, 0.25) is 0 Å². The van der Waals surface area contributed by atoms with E-state index >= 15 is 0 Å². The van der Waals surface area contributed by atoms with Gasteiger partial charge < -0.3 is 9.88 Å². The number of fused-ring (bicyclic) bond motifs is 1. The van der Waals surface area contributed by atoms with Gasteiger partial charge in [-0.25, -0.2) is 0 Å². The lowest BCUT2D eigenvalue weighted by Crippen LogP contribution is -2.22. The highest BCUT2D eigenvalue weighted by Gasteiger charge is 2.16. The summed E-state index contributed by atoms with van der Waals surface area (Å²) in [6, 6.07) is 15.7. The third-order valence-corrected chi connectivity index (χ3v) is 6.00. The summed E-state index contributed by atoms with van der Waals surface area (Å²) in [6.07, 6.45) is 4.53. The molecular formula is C25H31N5O. The van der Waals surface area contributed by atoms with Crippen molar-refractivity contribution in [3.05, 3.63) is 65.5 Å². The number of aromatic nitrogens is 3. The maximum absolute atomic E-state index is 12.8. The van der Waals surface area contributed by atoms with Crippen molar-refractivity contribution in [3.8, 4) is 11.4 Å². The van der Waals surface area contributed by atoms with E-state index in [9.17, 15) is 4.79 Å². The predicted molar refractivity (Wildman–Crippen MR) is 124 cm³/mol. The number of anilines is 1. The maximum atomic E-state index is 12.8. The van der Waals surface area contributed by atoms with Crippen LogP contribution < -0.4 is 5.32 Å². The van der Waals surface area contributed by atoms with E-state index in [1.165, 1.54) is 18.4 Å². The second-order valence-corrected chi connectivity index (χ2v) is 8.10. The van der Waals surface area contributed by atoms with E-state index in [2.05, 4.69) is 38.8 Å². The minimum absolute atomic E-state index is 0.105. The monoisotopic (exact) mass is 417 g/mol. The molecule has 1 N–H and O–H groups in total. The van der Waals surface area contributed by atoms with Crippen LogP contribution in [0.2, 0.25) is 0 Å². The Kier molecular flexibility index (Phi) is 6.77. The van der Waals surface area contributed by atoms with E-state index in [1.54, 1.807) is 0 Å². The molecule has 0 spiro atoms. The van der Waals surface area contributed by atoms with Gasteiger partial charge in [-0.3, -0.25) is 9.69 Å². The van der Waals surface area contributed by atoms with E-state index in [0.717, 1.165) is 61.9 Å². The van der Waals surface area contributed by atoms with Crippen LogP contribution in [0, 0.1) is 0 Å². The topological polar surface area (TPSA) is 63.1 Å². The normalized spacial score (nSPS) is 13.6. The fourth-order valence-corrected chi connectivity index (χ4v) is 4.10. The van der Waals surface area contributed by atoms with Gasteiger partial charge in [-0.1, -0.05) is 44.5 Å². The van der Waals surface area contributed by atoms with Gasteiger partial charge in [0.1, 0.15) is 5.82 Å². The van der Waals surface area contributed by atoms with Crippen LogP contribution in [0.1, 0.15) is 54.9 Å². The van der Waals surface area contributed by atoms with Gasteiger partial charge in [0, 0.05) is 36.3 Å². The third kappa shape index (κ3) is 5.02. The van der Waals surface area contributed by atoms with Gasteiger partial charge in [-0.15, -0.1) is 10.2 Å². The predicted octanol–water partition coefficient (Wildman–Crippen LogP) is 4.77. The molecule has 0 aliphatic carbocycles.